The number of carbonyl (C=O) groups excluding carboxylic acids is 1. The van der Waals surface area contributed by atoms with Crippen LogP contribution in [-0.2, 0) is 12.5 Å². The van der Waals surface area contributed by atoms with E-state index in [1.807, 2.05) is 42.5 Å². The molecule has 1 aliphatic heterocycles. The number of benzene rings is 1. The number of nitrogen functional groups attached to an aromatic ring is 1. The molecule has 7 heteroatoms. The number of rotatable bonds is 3. The average Bonchev–Trinajstić information content (AvgIpc) is 3.18. The first-order chi connectivity index (χ1) is 13.9. The van der Waals surface area contributed by atoms with Crippen LogP contribution in [0, 0.1) is 6.92 Å². The maximum atomic E-state index is 13.1. The highest BCUT2D eigenvalue weighted by molar-refractivity contribution is 7.13. The van der Waals surface area contributed by atoms with Crippen molar-refractivity contribution in [1.82, 2.24) is 14.5 Å². The lowest BCUT2D eigenvalue weighted by Crippen LogP contribution is -2.46. The first-order valence-corrected chi connectivity index (χ1v) is 10.5. The molecule has 1 aromatic carbocycles. The third kappa shape index (κ3) is 3.46. The Morgan fingerprint density at radius 1 is 1.17 bits per heavy atom. The summed E-state index contributed by atoms with van der Waals surface area (Å²) in [4.78, 5) is 31.5. The molecule has 2 N–H and O–H groups in total. The predicted octanol–water partition coefficient (Wildman–Crippen LogP) is 2.95. The van der Waals surface area contributed by atoms with Gasteiger partial charge in [-0.2, -0.15) is 0 Å². The number of amides is 1. The van der Waals surface area contributed by atoms with Gasteiger partial charge in [0.2, 0.25) is 0 Å². The maximum Gasteiger partial charge on any atom is 0.270 e. The number of hydrogen-bond donors (Lipinski definition) is 1. The van der Waals surface area contributed by atoms with E-state index >= 15 is 0 Å². The number of piperidine rings is 1. The van der Waals surface area contributed by atoms with Gasteiger partial charge in [0, 0.05) is 48.8 Å². The van der Waals surface area contributed by atoms with E-state index in [4.69, 9.17) is 5.73 Å². The standard InChI is InChI=1S/C22H24N4O2S/c1-15-12-17(27)13-18(25(15)2)20(28)26-10-8-22(9-11-26,16-6-4-3-5-7-16)19-14-29-21(23)24-19/h3-7,12-14H,8-11H2,1-2H3,(H2,23,24). The van der Waals surface area contributed by atoms with Crippen molar-refractivity contribution in [2.24, 2.45) is 7.05 Å². The fourth-order valence-corrected chi connectivity index (χ4v) is 4.84. The quantitative estimate of drug-likeness (QED) is 0.722. The van der Waals surface area contributed by atoms with E-state index in [0.717, 1.165) is 24.2 Å². The van der Waals surface area contributed by atoms with E-state index < -0.39 is 0 Å². The van der Waals surface area contributed by atoms with Crippen LogP contribution >= 0.6 is 11.3 Å². The molecule has 3 heterocycles. The Labute approximate surface area is 173 Å². The first-order valence-electron chi connectivity index (χ1n) is 9.65. The SMILES string of the molecule is Cc1cc(=O)cc(C(=O)N2CCC(c3ccccc3)(c3csc(N)n3)CC2)n1C. The molecule has 2 aromatic heterocycles. The molecule has 0 atom stereocenters. The summed E-state index contributed by atoms with van der Waals surface area (Å²) < 4.78 is 1.78. The second-order valence-corrected chi connectivity index (χ2v) is 8.48. The van der Waals surface area contributed by atoms with E-state index in [2.05, 4.69) is 17.1 Å². The van der Waals surface area contributed by atoms with E-state index in [9.17, 15) is 9.59 Å². The molecule has 0 aliphatic carbocycles. The second kappa shape index (κ2) is 7.48. The van der Waals surface area contributed by atoms with Crippen molar-refractivity contribution in [2.45, 2.75) is 25.2 Å². The summed E-state index contributed by atoms with van der Waals surface area (Å²) in [6.07, 6.45) is 1.51. The molecule has 1 saturated heterocycles. The molecule has 4 rings (SSSR count). The lowest BCUT2D eigenvalue weighted by molar-refractivity contribution is 0.0673. The Kier molecular flexibility index (Phi) is 5.00. The minimum absolute atomic E-state index is 0.104. The Bertz CT molecular complexity index is 1100. The van der Waals surface area contributed by atoms with Gasteiger partial charge in [-0.3, -0.25) is 9.59 Å². The number of nitrogens with zero attached hydrogens (tertiary/aromatic N) is 3. The smallest absolute Gasteiger partial charge is 0.270 e. The summed E-state index contributed by atoms with van der Waals surface area (Å²) in [5.41, 5.74) is 8.90. The fraction of sp³-hybridized carbons (Fsp3) is 0.318. The van der Waals surface area contributed by atoms with Gasteiger partial charge < -0.3 is 15.2 Å². The van der Waals surface area contributed by atoms with Gasteiger partial charge in [0.1, 0.15) is 5.69 Å². The van der Waals surface area contributed by atoms with Crippen LogP contribution in [0.15, 0.2) is 52.6 Å². The largest absolute Gasteiger partial charge is 0.375 e. The number of aromatic nitrogens is 2. The molecule has 0 radical (unpaired) electrons. The highest BCUT2D eigenvalue weighted by atomic mass is 32.1. The van der Waals surface area contributed by atoms with E-state index in [-0.39, 0.29) is 16.8 Å². The van der Waals surface area contributed by atoms with Crippen molar-refractivity contribution in [3.8, 4) is 0 Å². The zero-order valence-electron chi connectivity index (χ0n) is 16.6. The number of thiazole rings is 1. The summed E-state index contributed by atoms with van der Waals surface area (Å²) in [5, 5.41) is 2.59. The molecular weight excluding hydrogens is 384 g/mol. The zero-order chi connectivity index (χ0) is 20.6. The summed E-state index contributed by atoms with van der Waals surface area (Å²) in [7, 11) is 1.82. The Morgan fingerprint density at radius 2 is 1.86 bits per heavy atom. The van der Waals surface area contributed by atoms with Crippen LogP contribution < -0.4 is 11.2 Å². The van der Waals surface area contributed by atoms with Crippen molar-refractivity contribution in [3.63, 3.8) is 0 Å². The van der Waals surface area contributed by atoms with Crippen molar-refractivity contribution in [3.05, 3.63) is 80.7 Å². The van der Waals surface area contributed by atoms with Crippen LogP contribution in [0.5, 0.6) is 0 Å². The van der Waals surface area contributed by atoms with Crippen LogP contribution in [0.3, 0.4) is 0 Å². The average molecular weight is 409 g/mol. The van der Waals surface area contributed by atoms with Crippen LogP contribution in [0.4, 0.5) is 5.13 Å². The summed E-state index contributed by atoms with van der Waals surface area (Å²) in [5.74, 6) is -0.104. The third-order valence-corrected chi connectivity index (χ3v) is 6.66. The number of hydrogen-bond acceptors (Lipinski definition) is 5. The van der Waals surface area contributed by atoms with Gasteiger partial charge in [0.05, 0.1) is 5.69 Å². The van der Waals surface area contributed by atoms with E-state index in [0.29, 0.717) is 23.9 Å². The topological polar surface area (TPSA) is 81.2 Å². The monoisotopic (exact) mass is 408 g/mol. The molecule has 3 aromatic rings. The minimum atomic E-state index is -0.259. The molecule has 29 heavy (non-hydrogen) atoms. The van der Waals surface area contributed by atoms with E-state index in [1.165, 1.54) is 23.0 Å². The maximum absolute atomic E-state index is 13.1. The molecule has 0 saturated carbocycles. The lowest BCUT2D eigenvalue weighted by atomic mass is 9.70. The molecule has 0 bridgehead atoms. The number of pyridine rings is 1. The van der Waals surface area contributed by atoms with Gasteiger partial charge in [-0.1, -0.05) is 30.3 Å². The van der Waals surface area contributed by atoms with Crippen LogP contribution in [-0.4, -0.2) is 33.4 Å². The fourth-order valence-electron chi connectivity index (χ4n) is 4.18. The molecule has 1 fully saturated rings. The zero-order valence-corrected chi connectivity index (χ0v) is 17.4. The predicted molar refractivity (Wildman–Crippen MR) is 115 cm³/mol. The normalized spacial score (nSPS) is 16.0. The molecule has 0 spiro atoms. The van der Waals surface area contributed by atoms with Crippen LogP contribution in [0.25, 0.3) is 0 Å². The van der Waals surface area contributed by atoms with Crippen LogP contribution in [0.2, 0.25) is 0 Å². The Hall–Kier alpha value is -2.93. The van der Waals surface area contributed by atoms with Gasteiger partial charge in [0.25, 0.3) is 5.91 Å². The molecular formula is C22H24N4O2S. The van der Waals surface area contributed by atoms with Gasteiger partial charge in [-0.25, -0.2) is 4.98 Å². The number of carbonyl (C=O) groups is 1. The van der Waals surface area contributed by atoms with Gasteiger partial charge in [-0.05, 0) is 25.3 Å². The van der Waals surface area contributed by atoms with Crippen molar-refractivity contribution >= 4 is 22.4 Å². The lowest BCUT2D eigenvalue weighted by Gasteiger charge is -2.41. The molecule has 1 aliphatic rings. The van der Waals surface area contributed by atoms with E-state index in [1.54, 1.807) is 10.6 Å². The highest BCUT2D eigenvalue weighted by Gasteiger charge is 2.41. The molecule has 0 unspecified atom stereocenters. The van der Waals surface area contributed by atoms with Crippen molar-refractivity contribution in [1.29, 1.82) is 0 Å². The summed E-state index contributed by atoms with van der Waals surface area (Å²) in [6, 6.07) is 13.3. The number of nitrogens with two attached hydrogens (primary N) is 1. The number of likely N-dealkylation sites (tertiary alicyclic amines) is 1. The second-order valence-electron chi connectivity index (χ2n) is 7.59. The molecule has 1 amide bonds. The number of anilines is 1. The first kappa shape index (κ1) is 19.4. The van der Waals surface area contributed by atoms with Crippen molar-refractivity contribution < 1.29 is 4.79 Å². The van der Waals surface area contributed by atoms with Gasteiger partial charge in [-0.15, -0.1) is 11.3 Å². The summed E-state index contributed by atoms with van der Waals surface area (Å²) >= 11 is 1.45. The Balaban J connectivity index is 1.64. The summed E-state index contributed by atoms with van der Waals surface area (Å²) in [6.45, 7) is 3.02. The highest BCUT2D eigenvalue weighted by Crippen LogP contribution is 2.42. The molecule has 6 nitrogen and oxygen atoms in total. The number of aryl methyl sites for hydroxylation is 1. The van der Waals surface area contributed by atoms with Crippen LogP contribution in [0.1, 0.15) is 40.3 Å². The van der Waals surface area contributed by atoms with Gasteiger partial charge >= 0.3 is 0 Å². The molecule has 150 valence electrons. The third-order valence-electron chi connectivity index (χ3n) is 5.98. The Morgan fingerprint density at radius 3 is 2.48 bits per heavy atom. The van der Waals surface area contributed by atoms with Crippen molar-refractivity contribution in [2.75, 3.05) is 18.8 Å². The minimum Gasteiger partial charge on any atom is -0.375 e. The van der Waals surface area contributed by atoms with Gasteiger partial charge in [0.15, 0.2) is 10.6 Å².